The lowest BCUT2D eigenvalue weighted by atomic mass is 9.93. The van der Waals surface area contributed by atoms with Crippen LogP contribution in [0, 0.1) is 6.92 Å². The Bertz CT molecular complexity index is 1370. The first-order chi connectivity index (χ1) is 15.2. The molecule has 3 heterocycles. The van der Waals surface area contributed by atoms with E-state index in [2.05, 4.69) is 14.4 Å². The number of benzene rings is 1. The van der Waals surface area contributed by atoms with Crippen molar-refractivity contribution >= 4 is 27.4 Å². The molecule has 1 aliphatic rings. The average molecular weight is 458 g/mol. The molecule has 1 atom stereocenters. The van der Waals surface area contributed by atoms with Crippen LogP contribution in [0.3, 0.4) is 0 Å². The number of H-pyrrole nitrogens is 1. The van der Waals surface area contributed by atoms with Crippen molar-refractivity contribution in [1.29, 1.82) is 0 Å². The number of aromatic nitrogens is 3. The summed E-state index contributed by atoms with van der Waals surface area (Å²) in [6.45, 7) is 2.61. The Morgan fingerprint density at radius 1 is 1.22 bits per heavy atom. The van der Waals surface area contributed by atoms with Gasteiger partial charge in [0.25, 0.3) is 11.5 Å². The molecule has 3 aromatic rings. The zero-order valence-corrected chi connectivity index (χ0v) is 18.5. The summed E-state index contributed by atoms with van der Waals surface area (Å²) in [4.78, 5) is 40.8. The van der Waals surface area contributed by atoms with Gasteiger partial charge >= 0.3 is 6.09 Å². The Morgan fingerprint density at radius 2 is 1.88 bits per heavy atom. The van der Waals surface area contributed by atoms with Crippen LogP contribution < -0.4 is 5.56 Å². The summed E-state index contributed by atoms with van der Waals surface area (Å²) in [5, 5.41) is 13.4. The molecular weight excluding hydrogens is 434 g/mol. The Balaban J connectivity index is 1.70. The molecule has 2 aromatic heterocycles. The fraction of sp³-hybridized carbons (Fsp3) is 0.333. The van der Waals surface area contributed by atoms with Crippen LogP contribution in [0.2, 0.25) is 0 Å². The highest BCUT2D eigenvalue weighted by Crippen LogP contribution is 2.28. The summed E-state index contributed by atoms with van der Waals surface area (Å²) in [6.07, 6.45) is 2.80. The van der Waals surface area contributed by atoms with Gasteiger partial charge in [0.15, 0.2) is 0 Å². The molecule has 2 amide bonds. The summed E-state index contributed by atoms with van der Waals surface area (Å²) < 4.78 is 18.5. The maximum absolute atomic E-state index is 13.1. The zero-order valence-electron chi connectivity index (χ0n) is 17.6. The van der Waals surface area contributed by atoms with E-state index in [1.807, 2.05) is 6.92 Å². The quantitative estimate of drug-likeness (QED) is 0.620. The van der Waals surface area contributed by atoms with Gasteiger partial charge in [0.1, 0.15) is 11.2 Å². The average Bonchev–Trinajstić information content (AvgIpc) is 3.17. The highest BCUT2D eigenvalue weighted by molar-refractivity contribution is 7.93. The molecule has 0 spiro atoms. The third kappa shape index (κ3) is 4.15. The highest BCUT2D eigenvalue weighted by Gasteiger charge is 2.27. The Labute approximate surface area is 184 Å². The summed E-state index contributed by atoms with van der Waals surface area (Å²) in [5.41, 5.74) is 1.42. The Morgan fingerprint density at radius 3 is 2.50 bits per heavy atom. The molecule has 4 rings (SSSR count). The minimum Gasteiger partial charge on any atom is -0.465 e. The largest absolute Gasteiger partial charge is 0.465 e. The van der Waals surface area contributed by atoms with Gasteiger partial charge in [-0.2, -0.15) is 9.46 Å². The molecule has 0 radical (unpaired) electrons. The van der Waals surface area contributed by atoms with Crippen molar-refractivity contribution in [2.75, 3.05) is 19.3 Å². The van der Waals surface area contributed by atoms with E-state index in [-0.39, 0.29) is 17.1 Å². The first-order valence-electron chi connectivity index (χ1n) is 10.1. The number of likely N-dealkylation sites (tertiary alicyclic amines) is 1. The third-order valence-corrected chi connectivity index (χ3v) is 7.33. The Hall–Kier alpha value is -3.47. The van der Waals surface area contributed by atoms with Crippen LogP contribution in [0.4, 0.5) is 4.79 Å². The SMILES string of the molecule is Cc1ccc(S(C)(=O)=NC(=O)c2cnn3c(C4CCN(C(=O)O)CC4)cc(=O)[nH]c23)cc1. The lowest BCUT2D eigenvalue weighted by Gasteiger charge is -2.30. The first kappa shape index (κ1) is 21.8. The minimum atomic E-state index is -2.99. The molecule has 1 aromatic carbocycles. The summed E-state index contributed by atoms with van der Waals surface area (Å²) in [7, 11) is -2.99. The number of piperidine rings is 1. The van der Waals surface area contributed by atoms with Gasteiger partial charge < -0.3 is 15.0 Å². The molecule has 1 unspecified atom stereocenters. The molecule has 0 bridgehead atoms. The van der Waals surface area contributed by atoms with Crippen molar-refractivity contribution in [3.63, 3.8) is 0 Å². The molecule has 1 saturated heterocycles. The molecule has 2 N–H and O–H groups in total. The van der Waals surface area contributed by atoms with E-state index >= 15 is 0 Å². The molecule has 1 fully saturated rings. The van der Waals surface area contributed by atoms with Gasteiger partial charge in [-0.3, -0.25) is 9.59 Å². The van der Waals surface area contributed by atoms with Gasteiger partial charge in [0.05, 0.1) is 21.6 Å². The number of aryl methyl sites for hydroxylation is 1. The number of hydrogen-bond donors (Lipinski definition) is 2. The van der Waals surface area contributed by atoms with Gasteiger partial charge in [-0.05, 0) is 31.9 Å². The second-order valence-corrected chi connectivity index (χ2v) is 10.2. The Kier molecular flexibility index (Phi) is 5.59. The molecule has 1 aliphatic heterocycles. The van der Waals surface area contributed by atoms with Crippen molar-refractivity contribution in [3.05, 3.63) is 63.7 Å². The fourth-order valence-corrected chi connectivity index (χ4v) is 5.04. The molecule has 168 valence electrons. The summed E-state index contributed by atoms with van der Waals surface area (Å²) in [5.74, 6) is -0.820. The molecule has 32 heavy (non-hydrogen) atoms. The molecule has 10 nitrogen and oxygen atoms in total. The van der Waals surface area contributed by atoms with E-state index in [9.17, 15) is 18.6 Å². The standard InChI is InChI=1S/C21H23N5O5S/c1-13-3-5-15(6-4-13)32(2,31)24-20(28)16-12-22-26-17(11-18(27)23-19(16)26)14-7-9-25(10-8-14)21(29)30/h3-6,11-12,14H,7-10H2,1-2H3,(H,23,27)(H,29,30). The number of nitrogens with one attached hydrogen (secondary N) is 1. The monoisotopic (exact) mass is 457 g/mol. The number of amides is 2. The minimum absolute atomic E-state index is 0.0496. The number of fused-ring (bicyclic) bond motifs is 1. The molecular formula is C21H23N5O5S. The van der Waals surface area contributed by atoms with Gasteiger partial charge in [0.2, 0.25) is 0 Å². The van der Waals surface area contributed by atoms with Crippen LogP contribution in [-0.2, 0) is 9.73 Å². The molecule has 0 aliphatic carbocycles. The van der Waals surface area contributed by atoms with Crippen LogP contribution >= 0.6 is 0 Å². The normalized spacial score (nSPS) is 16.6. The third-order valence-electron chi connectivity index (χ3n) is 5.66. The molecule has 0 saturated carbocycles. The number of hydrogen-bond acceptors (Lipinski definition) is 5. The topological polar surface area (TPSA) is 137 Å². The van der Waals surface area contributed by atoms with Crippen LogP contribution in [0.5, 0.6) is 0 Å². The van der Waals surface area contributed by atoms with E-state index in [1.54, 1.807) is 24.3 Å². The first-order valence-corrected chi connectivity index (χ1v) is 12.0. The number of carboxylic acid groups (broad SMARTS) is 1. The van der Waals surface area contributed by atoms with Crippen molar-refractivity contribution < 1.29 is 18.9 Å². The van der Waals surface area contributed by atoms with Crippen molar-refractivity contribution in [1.82, 2.24) is 19.5 Å². The second-order valence-electron chi connectivity index (χ2n) is 7.93. The van der Waals surface area contributed by atoms with Crippen LogP contribution in [-0.4, -0.2) is 60.2 Å². The highest BCUT2D eigenvalue weighted by atomic mass is 32.2. The van der Waals surface area contributed by atoms with Gasteiger partial charge in [-0.25, -0.2) is 13.5 Å². The van der Waals surface area contributed by atoms with E-state index in [0.29, 0.717) is 36.5 Å². The van der Waals surface area contributed by atoms with Gasteiger partial charge in [0, 0.05) is 36.2 Å². The van der Waals surface area contributed by atoms with E-state index in [4.69, 9.17) is 5.11 Å². The number of carbonyl (C=O) groups excluding carboxylic acids is 1. The smallest absolute Gasteiger partial charge is 0.407 e. The predicted octanol–water partition coefficient (Wildman–Crippen LogP) is 2.49. The number of aromatic amines is 1. The van der Waals surface area contributed by atoms with Gasteiger partial charge in [-0.15, -0.1) is 0 Å². The van der Waals surface area contributed by atoms with Crippen molar-refractivity contribution in [2.24, 2.45) is 4.36 Å². The van der Waals surface area contributed by atoms with E-state index in [1.165, 1.54) is 27.9 Å². The fourth-order valence-electron chi connectivity index (χ4n) is 3.88. The maximum atomic E-state index is 13.1. The predicted molar refractivity (Wildman–Crippen MR) is 118 cm³/mol. The van der Waals surface area contributed by atoms with Crippen molar-refractivity contribution in [3.8, 4) is 0 Å². The maximum Gasteiger partial charge on any atom is 0.407 e. The lowest BCUT2D eigenvalue weighted by Crippen LogP contribution is -2.37. The molecule has 11 heteroatoms. The van der Waals surface area contributed by atoms with Crippen LogP contribution in [0.15, 0.2) is 50.6 Å². The second kappa shape index (κ2) is 8.23. The number of rotatable bonds is 3. The lowest BCUT2D eigenvalue weighted by molar-refractivity contribution is 0.101. The van der Waals surface area contributed by atoms with Crippen LogP contribution in [0.25, 0.3) is 5.65 Å². The zero-order chi connectivity index (χ0) is 23.0. The number of nitrogens with zero attached hydrogens (tertiary/aromatic N) is 4. The summed E-state index contributed by atoms with van der Waals surface area (Å²) in [6, 6.07) is 8.37. The van der Waals surface area contributed by atoms with Crippen LogP contribution in [0.1, 0.15) is 40.4 Å². The summed E-state index contributed by atoms with van der Waals surface area (Å²) >= 11 is 0. The van der Waals surface area contributed by atoms with E-state index < -0.39 is 27.3 Å². The number of carbonyl (C=O) groups is 2. The van der Waals surface area contributed by atoms with Crippen molar-refractivity contribution in [2.45, 2.75) is 30.6 Å². The van der Waals surface area contributed by atoms with E-state index in [0.717, 1.165) is 5.56 Å². The van der Waals surface area contributed by atoms with Gasteiger partial charge in [-0.1, -0.05) is 17.7 Å².